The van der Waals surface area contributed by atoms with Crippen LogP contribution in [0.25, 0.3) is 0 Å². The highest BCUT2D eigenvalue weighted by atomic mass is 32.2. The molecule has 1 aromatic heterocycles. The van der Waals surface area contributed by atoms with Crippen molar-refractivity contribution in [2.75, 3.05) is 20.2 Å². The smallest absolute Gasteiger partial charge is 0.263 e. The topological polar surface area (TPSA) is 81.0 Å². The molecule has 7 nitrogen and oxygen atoms in total. The third kappa shape index (κ3) is 4.66. The lowest BCUT2D eigenvalue weighted by Gasteiger charge is -2.19. The summed E-state index contributed by atoms with van der Waals surface area (Å²) in [5, 5.41) is 0. The molecule has 4 rings (SSSR count). The minimum absolute atomic E-state index is 0.0335. The maximum atomic E-state index is 13.5. The van der Waals surface area contributed by atoms with Gasteiger partial charge in [-0.05, 0) is 68.5 Å². The molecule has 0 N–H and O–H groups in total. The zero-order chi connectivity index (χ0) is 22.7. The second-order valence-electron chi connectivity index (χ2n) is 8.64. The van der Waals surface area contributed by atoms with E-state index < -0.39 is 10.0 Å². The fraction of sp³-hybridized carbons (Fsp3) is 0.500. The van der Waals surface area contributed by atoms with Crippen molar-refractivity contribution in [3.63, 3.8) is 0 Å². The van der Waals surface area contributed by atoms with Gasteiger partial charge in [0.25, 0.3) is 5.91 Å². The molecular formula is C24H31N3O4S. The lowest BCUT2D eigenvalue weighted by molar-refractivity contribution is 0.0954. The number of aryl methyl sites for hydroxylation is 1. The van der Waals surface area contributed by atoms with E-state index in [9.17, 15) is 13.2 Å². The van der Waals surface area contributed by atoms with Crippen molar-refractivity contribution in [2.45, 2.75) is 62.8 Å². The summed E-state index contributed by atoms with van der Waals surface area (Å²) in [5.41, 5.74) is 1.93. The van der Waals surface area contributed by atoms with Gasteiger partial charge in [0.15, 0.2) is 0 Å². The van der Waals surface area contributed by atoms with Crippen LogP contribution in [0.3, 0.4) is 0 Å². The minimum atomic E-state index is -3.74. The van der Waals surface area contributed by atoms with Crippen LogP contribution < -0.4 is 10.2 Å². The van der Waals surface area contributed by atoms with Crippen LogP contribution in [0.5, 0.6) is 5.75 Å². The predicted octanol–water partition coefficient (Wildman–Crippen LogP) is 3.51. The Labute approximate surface area is 189 Å². The van der Waals surface area contributed by atoms with Crippen LogP contribution >= 0.6 is 0 Å². The Morgan fingerprint density at radius 1 is 1.03 bits per heavy atom. The molecule has 0 spiro atoms. The van der Waals surface area contributed by atoms with Gasteiger partial charge in [-0.25, -0.2) is 8.42 Å². The number of rotatable bonds is 5. The van der Waals surface area contributed by atoms with Crippen molar-refractivity contribution in [2.24, 2.45) is 4.99 Å². The van der Waals surface area contributed by atoms with Crippen LogP contribution in [0.1, 0.15) is 60.9 Å². The number of pyridine rings is 1. The van der Waals surface area contributed by atoms with Crippen molar-refractivity contribution < 1.29 is 17.9 Å². The van der Waals surface area contributed by atoms with Crippen LogP contribution in [0.2, 0.25) is 0 Å². The predicted molar refractivity (Wildman–Crippen MR) is 122 cm³/mol. The first kappa shape index (κ1) is 22.7. The van der Waals surface area contributed by atoms with E-state index in [-0.39, 0.29) is 28.2 Å². The van der Waals surface area contributed by atoms with E-state index in [4.69, 9.17) is 9.73 Å². The maximum absolute atomic E-state index is 13.5. The van der Waals surface area contributed by atoms with Gasteiger partial charge in [-0.1, -0.05) is 19.3 Å². The molecule has 1 aromatic carbocycles. The molecule has 2 aromatic rings. The molecule has 1 saturated carbocycles. The molecule has 1 aliphatic carbocycles. The van der Waals surface area contributed by atoms with Crippen molar-refractivity contribution in [3.8, 4) is 5.75 Å². The summed E-state index contributed by atoms with van der Waals surface area (Å²) in [6.45, 7) is 2.95. The number of sulfonamides is 1. The largest absolute Gasteiger partial charge is 0.495 e. The van der Waals surface area contributed by atoms with E-state index in [1.54, 1.807) is 18.3 Å². The summed E-state index contributed by atoms with van der Waals surface area (Å²) in [7, 11) is -2.30. The van der Waals surface area contributed by atoms with E-state index >= 15 is 0 Å². The maximum Gasteiger partial charge on any atom is 0.263 e. The van der Waals surface area contributed by atoms with Crippen LogP contribution in [0.4, 0.5) is 0 Å². The fourth-order valence-electron chi connectivity index (χ4n) is 4.48. The van der Waals surface area contributed by atoms with E-state index in [0.29, 0.717) is 18.6 Å². The first-order valence-corrected chi connectivity index (χ1v) is 12.8. The standard InChI is InChI=1S/C24H31N3O4S/c1-18-12-15-27(23(16-18)25-20-8-4-3-5-9-20)24(28)19-10-11-21(31-2)22(17-19)32(29,30)26-13-6-7-14-26/h10-12,15-17,20H,3-9,13-14H2,1-2H3. The van der Waals surface area contributed by atoms with Gasteiger partial charge >= 0.3 is 0 Å². The van der Waals surface area contributed by atoms with E-state index in [0.717, 1.165) is 44.1 Å². The Bertz CT molecular complexity index is 1160. The zero-order valence-electron chi connectivity index (χ0n) is 18.8. The summed E-state index contributed by atoms with van der Waals surface area (Å²) in [5.74, 6) is -0.0606. The van der Waals surface area contributed by atoms with E-state index in [2.05, 4.69) is 0 Å². The van der Waals surface area contributed by atoms with Gasteiger partial charge < -0.3 is 4.74 Å². The second-order valence-corrected chi connectivity index (χ2v) is 10.5. The molecule has 0 bridgehead atoms. The molecule has 1 aliphatic heterocycles. The molecule has 172 valence electrons. The summed E-state index contributed by atoms with van der Waals surface area (Å²) >= 11 is 0. The number of hydrogen-bond donors (Lipinski definition) is 0. The molecule has 0 amide bonds. The molecule has 0 unspecified atom stereocenters. The highest BCUT2D eigenvalue weighted by Gasteiger charge is 2.31. The highest BCUT2D eigenvalue weighted by Crippen LogP contribution is 2.30. The van der Waals surface area contributed by atoms with Crippen molar-refractivity contribution >= 4 is 15.9 Å². The van der Waals surface area contributed by atoms with Gasteiger partial charge in [0.05, 0.1) is 13.2 Å². The molecule has 0 radical (unpaired) electrons. The quantitative estimate of drug-likeness (QED) is 0.688. The lowest BCUT2D eigenvalue weighted by atomic mass is 9.96. The zero-order valence-corrected chi connectivity index (χ0v) is 19.6. The number of hydrogen-bond acceptors (Lipinski definition) is 5. The van der Waals surface area contributed by atoms with Gasteiger partial charge in [0, 0.05) is 24.8 Å². The van der Waals surface area contributed by atoms with E-state index in [1.807, 2.05) is 19.1 Å². The summed E-state index contributed by atoms with van der Waals surface area (Å²) < 4.78 is 34.7. The number of benzene rings is 1. The Morgan fingerprint density at radius 2 is 1.75 bits per heavy atom. The Morgan fingerprint density at radius 3 is 2.44 bits per heavy atom. The number of ether oxygens (including phenoxy) is 1. The molecule has 0 atom stereocenters. The number of carbonyl (C=O) groups excluding carboxylic acids is 1. The number of methoxy groups -OCH3 is 1. The van der Waals surface area contributed by atoms with Crippen molar-refractivity contribution in [1.82, 2.24) is 8.87 Å². The van der Waals surface area contributed by atoms with Crippen LogP contribution in [0.15, 0.2) is 46.4 Å². The third-order valence-corrected chi connectivity index (χ3v) is 8.21. The van der Waals surface area contributed by atoms with Crippen LogP contribution in [-0.2, 0) is 10.0 Å². The first-order valence-electron chi connectivity index (χ1n) is 11.4. The van der Waals surface area contributed by atoms with Crippen LogP contribution in [0, 0.1) is 6.92 Å². The average Bonchev–Trinajstić information content (AvgIpc) is 3.35. The van der Waals surface area contributed by atoms with Gasteiger partial charge in [-0.3, -0.25) is 14.4 Å². The summed E-state index contributed by atoms with van der Waals surface area (Å²) in [4.78, 5) is 18.4. The fourth-order valence-corrected chi connectivity index (χ4v) is 6.17. The van der Waals surface area contributed by atoms with Crippen LogP contribution in [-0.4, -0.2) is 49.4 Å². The average molecular weight is 458 g/mol. The van der Waals surface area contributed by atoms with Gasteiger partial charge in [0.1, 0.15) is 16.1 Å². The monoisotopic (exact) mass is 457 g/mol. The summed E-state index contributed by atoms with van der Waals surface area (Å²) in [6.07, 6.45) is 9.01. The number of carbonyl (C=O) groups is 1. The van der Waals surface area contributed by atoms with Gasteiger partial charge in [-0.2, -0.15) is 4.31 Å². The molecule has 2 heterocycles. The SMILES string of the molecule is COc1ccc(C(=O)n2ccc(C)cc2=NC2CCCCC2)cc1S(=O)(=O)N1CCCC1. The minimum Gasteiger partial charge on any atom is -0.495 e. The Balaban J connectivity index is 1.75. The third-order valence-electron chi connectivity index (χ3n) is 6.29. The molecule has 32 heavy (non-hydrogen) atoms. The van der Waals surface area contributed by atoms with Crippen molar-refractivity contribution in [1.29, 1.82) is 0 Å². The Kier molecular flexibility index (Phi) is 6.81. The van der Waals surface area contributed by atoms with E-state index in [1.165, 1.54) is 28.5 Å². The molecule has 2 fully saturated rings. The van der Waals surface area contributed by atoms with Gasteiger partial charge in [0.2, 0.25) is 10.0 Å². The lowest BCUT2D eigenvalue weighted by Crippen LogP contribution is -2.31. The molecular weight excluding hydrogens is 426 g/mol. The van der Waals surface area contributed by atoms with Crippen molar-refractivity contribution in [3.05, 3.63) is 53.1 Å². The number of aromatic nitrogens is 1. The summed E-state index contributed by atoms with van der Waals surface area (Å²) in [6, 6.07) is 8.60. The normalized spacial score (nSPS) is 18.8. The molecule has 1 saturated heterocycles. The highest BCUT2D eigenvalue weighted by molar-refractivity contribution is 7.89. The molecule has 8 heteroatoms. The first-order chi connectivity index (χ1) is 15.4. The second kappa shape index (κ2) is 9.58. The molecule has 2 aliphatic rings. The van der Waals surface area contributed by atoms with Gasteiger partial charge in [-0.15, -0.1) is 0 Å². The number of nitrogens with zero attached hydrogens (tertiary/aromatic N) is 3. The Hall–Kier alpha value is -2.45.